The summed E-state index contributed by atoms with van der Waals surface area (Å²) in [5.74, 6) is 0.0880. The molecule has 2 aromatic carbocycles. The summed E-state index contributed by atoms with van der Waals surface area (Å²) in [6.45, 7) is 0.101. The average molecular weight is 415 g/mol. The van der Waals surface area contributed by atoms with E-state index in [-0.39, 0.29) is 31.3 Å². The summed E-state index contributed by atoms with van der Waals surface area (Å²) in [5, 5.41) is 0. The average Bonchev–Trinajstić information content (AvgIpc) is 2.71. The van der Waals surface area contributed by atoms with Crippen molar-refractivity contribution < 1.29 is 22.2 Å². The van der Waals surface area contributed by atoms with Crippen LogP contribution in [0.2, 0.25) is 0 Å². The van der Waals surface area contributed by atoms with Crippen molar-refractivity contribution in [1.29, 1.82) is 0 Å². The number of aromatic nitrogens is 1. The molecule has 8 heteroatoms. The quantitative estimate of drug-likeness (QED) is 0.500. The zero-order valence-corrected chi connectivity index (χ0v) is 16.7. The van der Waals surface area contributed by atoms with Crippen molar-refractivity contribution >= 4 is 10.1 Å². The highest BCUT2D eigenvalue weighted by atomic mass is 32.2. The van der Waals surface area contributed by atoms with E-state index in [1.807, 2.05) is 60.7 Å². The SMILES string of the molecule is CS(=O)(=O)OCc1cc(=O)c(OCc2ccccc2)cn1OCc1ccccc1. The topological polar surface area (TPSA) is 83.8 Å². The van der Waals surface area contributed by atoms with Gasteiger partial charge in [-0.1, -0.05) is 60.7 Å². The van der Waals surface area contributed by atoms with Gasteiger partial charge in [0.1, 0.15) is 19.8 Å². The van der Waals surface area contributed by atoms with Gasteiger partial charge in [-0.05, 0) is 11.1 Å². The van der Waals surface area contributed by atoms with Crippen LogP contribution in [0.15, 0.2) is 77.7 Å². The molecule has 1 aromatic heterocycles. The van der Waals surface area contributed by atoms with Crippen LogP contribution in [0.25, 0.3) is 0 Å². The van der Waals surface area contributed by atoms with Crippen molar-refractivity contribution in [1.82, 2.24) is 4.73 Å². The monoisotopic (exact) mass is 415 g/mol. The minimum Gasteiger partial charge on any atom is -0.483 e. The van der Waals surface area contributed by atoms with Crippen LogP contribution in [0.3, 0.4) is 0 Å². The summed E-state index contributed by atoms with van der Waals surface area (Å²) in [6, 6.07) is 20.1. The highest BCUT2D eigenvalue weighted by molar-refractivity contribution is 7.85. The van der Waals surface area contributed by atoms with E-state index in [1.165, 1.54) is 17.0 Å². The standard InChI is InChI=1S/C21H21NO6S/c1-29(24,25)28-16-19-12-20(23)21(26-14-17-8-4-2-5-9-17)13-22(19)27-15-18-10-6-3-7-11-18/h2-13H,14-16H2,1H3. The lowest BCUT2D eigenvalue weighted by atomic mass is 10.2. The van der Waals surface area contributed by atoms with Crippen molar-refractivity contribution in [2.24, 2.45) is 0 Å². The third kappa shape index (κ3) is 6.48. The molecular formula is C21H21NO6S. The Morgan fingerprint density at radius 1 is 0.862 bits per heavy atom. The van der Waals surface area contributed by atoms with Crippen LogP contribution in [0.4, 0.5) is 0 Å². The van der Waals surface area contributed by atoms with E-state index >= 15 is 0 Å². The minimum absolute atomic E-state index is 0.0880. The minimum atomic E-state index is -3.68. The van der Waals surface area contributed by atoms with Crippen LogP contribution in [-0.4, -0.2) is 19.4 Å². The Bertz CT molecular complexity index is 1100. The predicted octanol–water partition coefficient (Wildman–Crippen LogP) is 2.53. The van der Waals surface area contributed by atoms with Gasteiger partial charge in [0.25, 0.3) is 10.1 Å². The molecule has 0 saturated heterocycles. The molecule has 3 rings (SSSR count). The van der Waals surface area contributed by atoms with Gasteiger partial charge >= 0.3 is 0 Å². The van der Waals surface area contributed by atoms with E-state index < -0.39 is 15.5 Å². The number of ether oxygens (including phenoxy) is 1. The highest BCUT2D eigenvalue weighted by Crippen LogP contribution is 2.12. The first-order valence-electron chi connectivity index (χ1n) is 8.84. The molecule has 1 heterocycles. The van der Waals surface area contributed by atoms with Crippen molar-refractivity contribution in [2.45, 2.75) is 19.8 Å². The summed E-state index contributed by atoms with van der Waals surface area (Å²) < 4.78 is 34.4. The predicted molar refractivity (Wildman–Crippen MR) is 108 cm³/mol. The summed E-state index contributed by atoms with van der Waals surface area (Å²) in [4.78, 5) is 18.2. The van der Waals surface area contributed by atoms with Crippen LogP contribution in [0.1, 0.15) is 16.8 Å². The zero-order valence-electron chi connectivity index (χ0n) is 15.9. The zero-order chi connectivity index (χ0) is 20.7. The second kappa shape index (κ2) is 9.40. The van der Waals surface area contributed by atoms with Gasteiger partial charge in [-0.2, -0.15) is 13.1 Å². The molecule has 0 amide bonds. The maximum absolute atomic E-state index is 12.4. The van der Waals surface area contributed by atoms with E-state index in [0.717, 1.165) is 17.4 Å². The maximum Gasteiger partial charge on any atom is 0.264 e. The lowest BCUT2D eigenvalue weighted by molar-refractivity contribution is 0.0795. The Kier molecular flexibility index (Phi) is 6.69. The van der Waals surface area contributed by atoms with Crippen LogP contribution in [-0.2, 0) is 34.1 Å². The van der Waals surface area contributed by atoms with Gasteiger partial charge < -0.3 is 9.57 Å². The molecule has 152 valence electrons. The largest absolute Gasteiger partial charge is 0.483 e. The third-order valence-electron chi connectivity index (χ3n) is 3.93. The van der Waals surface area contributed by atoms with Gasteiger partial charge in [0, 0.05) is 6.07 Å². The number of nitrogens with zero attached hydrogens (tertiary/aromatic N) is 1. The Labute approximate surface area is 169 Å². The number of pyridine rings is 1. The van der Waals surface area contributed by atoms with E-state index in [9.17, 15) is 13.2 Å². The fourth-order valence-electron chi connectivity index (χ4n) is 2.49. The molecule has 0 aliphatic heterocycles. The molecule has 0 spiro atoms. The number of hydrogen-bond acceptors (Lipinski definition) is 6. The van der Waals surface area contributed by atoms with Crippen molar-refractivity contribution in [3.63, 3.8) is 0 Å². The first-order valence-corrected chi connectivity index (χ1v) is 10.7. The van der Waals surface area contributed by atoms with Crippen LogP contribution in [0.5, 0.6) is 5.75 Å². The molecule has 0 bridgehead atoms. The van der Waals surface area contributed by atoms with Crippen molar-refractivity contribution in [3.8, 4) is 5.75 Å². The Balaban J connectivity index is 1.82. The summed E-state index contributed by atoms with van der Waals surface area (Å²) in [6.07, 6.45) is 2.34. The maximum atomic E-state index is 12.4. The van der Waals surface area contributed by atoms with Gasteiger partial charge in [-0.3, -0.25) is 8.98 Å². The summed E-state index contributed by atoms with van der Waals surface area (Å²) in [5.41, 5.74) is 1.68. The van der Waals surface area contributed by atoms with Gasteiger partial charge in [-0.15, -0.1) is 0 Å². The van der Waals surface area contributed by atoms with E-state index in [0.29, 0.717) is 0 Å². The molecule has 0 saturated carbocycles. The first-order chi connectivity index (χ1) is 13.9. The van der Waals surface area contributed by atoms with Gasteiger partial charge in [0.15, 0.2) is 5.75 Å². The van der Waals surface area contributed by atoms with E-state index in [4.69, 9.17) is 13.8 Å². The molecular weight excluding hydrogens is 394 g/mol. The van der Waals surface area contributed by atoms with Gasteiger partial charge in [0.05, 0.1) is 18.1 Å². The van der Waals surface area contributed by atoms with E-state index in [2.05, 4.69) is 0 Å². The fraction of sp³-hybridized carbons (Fsp3) is 0.190. The summed E-state index contributed by atoms with van der Waals surface area (Å²) >= 11 is 0. The van der Waals surface area contributed by atoms with E-state index in [1.54, 1.807) is 0 Å². The highest BCUT2D eigenvalue weighted by Gasteiger charge is 2.12. The lowest BCUT2D eigenvalue weighted by Crippen LogP contribution is -2.22. The molecule has 29 heavy (non-hydrogen) atoms. The molecule has 0 N–H and O–H groups in total. The first kappa shape index (κ1) is 20.6. The number of benzene rings is 2. The molecule has 0 radical (unpaired) electrons. The number of rotatable bonds is 9. The third-order valence-corrected chi connectivity index (χ3v) is 4.48. The number of hydrogen-bond donors (Lipinski definition) is 0. The lowest BCUT2D eigenvalue weighted by Gasteiger charge is -2.16. The second-order valence-corrected chi connectivity index (χ2v) is 7.96. The fourth-order valence-corrected chi connectivity index (χ4v) is 2.83. The Hall–Kier alpha value is -3.10. The normalized spacial score (nSPS) is 11.2. The van der Waals surface area contributed by atoms with Crippen molar-refractivity contribution in [3.05, 3.63) is 100.0 Å². The molecule has 0 aliphatic rings. The van der Waals surface area contributed by atoms with Crippen LogP contribution < -0.4 is 15.0 Å². The molecule has 0 aliphatic carbocycles. The second-order valence-electron chi connectivity index (χ2n) is 6.32. The smallest absolute Gasteiger partial charge is 0.264 e. The van der Waals surface area contributed by atoms with Crippen molar-refractivity contribution in [2.75, 3.05) is 6.26 Å². The molecule has 0 unspecified atom stereocenters. The molecule has 0 atom stereocenters. The molecule has 3 aromatic rings. The Morgan fingerprint density at radius 3 is 2.03 bits per heavy atom. The van der Waals surface area contributed by atoms with Gasteiger partial charge in [0.2, 0.25) is 5.43 Å². The van der Waals surface area contributed by atoms with Crippen LogP contribution in [0, 0.1) is 0 Å². The Morgan fingerprint density at radius 2 is 1.45 bits per heavy atom. The van der Waals surface area contributed by atoms with Crippen LogP contribution >= 0.6 is 0 Å². The molecule has 7 nitrogen and oxygen atoms in total. The summed E-state index contributed by atoms with van der Waals surface area (Å²) in [7, 11) is -3.68. The van der Waals surface area contributed by atoms with Gasteiger partial charge in [-0.25, -0.2) is 0 Å². The molecule has 0 fully saturated rings.